The summed E-state index contributed by atoms with van der Waals surface area (Å²) in [6, 6.07) is 14.2. The van der Waals surface area contributed by atoms with Crippen LogP contribution in [0.3, 0.4) is 0 Å². The molecule has 0 spiro atoms. The van der Waals surface area contributed by atoms with E-state index in [9.17, 15) is 14.9 Å². The molecule has 0 saturated carbocycles. The number of carbonyl (C=O) groups excluding carboxylic acids is 1. The van der Waals surface area contributed by atoms with Gasteiger partial charge in [-0.25, -0.2) is 0 Å². The molecule has 4 rings (SSSR count). The first-order valence-electron chi connectivity index (χ1n) is 10.5. The number of likely N-dealkylation sites (tertiary alicyclic amines) is 1. The van der Waals surface area contributed by atoms with Crippen LogP contribution in [0.4, 0.5) is 11.4 Å². The number of nitrogens with zero attached hydrogens (tertiary/aromatic N) is 2. The Balaban J connectivity index is 1.68. The summed E-state index contributed by atoms with van der Waals surface area (Å²) in [4.78, 5) is 26.2. The lowest BCUT2D eigenvalue weighted by Gasteiger charge is -2.31. The van der Waals surface area contributed by atoms with E-state index in [1.54, 1.807) is 0 Å². The van der Waals surface area contributed by atoms with Crippen LogP contribution in [0.5, 0.6) is 0 Å². The minimum atomic E-state index is -0.499. The number of anilines is 1. The van der Waals surface area contributed by atoms with Gasteiger partial charge in [0.25, 0.3) is 11.6 Å². The molecule has 0 radical (unpaired) electrons. The van der Waals surface area contributed by atoms with Crippen LogP contribution in [0.1, 0.15) is 37.7 Å². The first-order valence-corrected chi connectivity index (χ1v) is 10.9. The number of nitro groups is 1. The van der Waals surface area contributed by atoms with Crippen LogP contribution in [0, 0.1) is 10.1 Å². The van der Waals surface area contributed by atoms with Crippen molar-refractivity contribution in [3.63, 3.8) is 0 Å². The number of rotatable bonds is 5. The highest BCUT2D eigenvalue weighted by molar-refractivity contribution is 6.34. The third-order valence-electron chi connectivity index (χ3n) is 5.73. The van der Waals surface area contributed by atoms with Crippen LogP contribution in [-0.2, 0) is 4.79 Å². The van der Waals surface area contributed by atoms with Crippen molar-refractivity contribution in [3.8, 4) is 0 Å². The lowest BCUT2D eigenvalue weighted by molar-refractivity contribution is -0.384. The van der Waals surface area contributed by atoms with Gasteiger partial charge in [0.15, 0.2) is 0 Å². The maximum Gasteiger partial charge on any atom is 0.271 e. The molecule has 6 nitrogen and oxygen atoms in total. The largest absolute Gasteiger partial charge is 0.371 e. The van der Waals surface area contributed by atoms with Crippen LogP contribution in [0.2, 0.25) is 5.02 Å². The van der Waals surface area contributed by atoms with Gasteiger partial charge in [-0.15, -0.1) is 0 Å². The summed E-state index contributed by atoms with van der Waals surface area (Å²) in [5, 5.41) is 14.2. The minimum absolute atomic E-state index is 0.110. The van der Waals surface area contributed by atoms with E-state index in [0.29, 0.717) is 12.0 Å². The predicted molar refractivity (Wildman–Crippen MR) is 123 cm³/mol. The van der Waals surface area contributed by atoms with Crippen molar-refractivity contribution < 1.29 is 9.72 Å². The van der Waals surface area contributed by atoms with Crippen molar-refractivity contribution in [1.29, 1.82) is 0 Å². The molecule has 2 aromatic rings. The molecule has 1 heterocycles. The number of allylic oxidation sites excluding steroid dienone is 1. The molecule has 0 bridgehead atoms. The lowest BCUT2D eigenvalue weighted by Crippen LogP contribution is -2.31. The molecular weight excluding hydrogens is 414 g/mol. The SMILES string of the molecule is O=C(Nc1cc([N+](=O)[O-])ccc1Cl)C1=C(N2CCCCC2)C(=Cc2ccccc2)CC1. The number of piperidine rings is 1. The van der Waals surface area contributed by atoms with Crippen molar-refractivity contribution in [1.82, 2.24) is 4.90 Å². The van der Waals surface area contributed by atoms with E-state index in [-0.39, 0.29) is 22.3 Å². The minimum Gasteiger partial charge on any atom is -0.371 e. The molecule has 0 atom stereocenters. The van der Waals surface area contributed by atoms with Crippen LogP contribution < -0.4 is 5.32 Å². The molecule has 1 saturated heterocycles. The maximum atomic E-state index is 13.2. The number of nitrogens with one attached hydrogen (secondary N) is 1. The van der Waals surface area contributed by atoms with Gasteiger partial charge in [0.05, 0.1) is 15.6 Å². The Kier molecular flexibility index (Phi) is 6.37. The quantitative estimate of drug-likeness (QED) is 0.473. The highest BCUT2D eigenvalue weighted by Crippen LogP contribution is 2.38. The molecule has 1 N–H and O–H groups in total. The van der Waals surface area contributed by atoms with E-state index in [0.717, 1.165) is 49.2 Å². The van der Waals surface area contributed by atoms with Gasteiger partial charge < -0.3 is 10.2 Å². The average Bonchev–Trinajstić information content (AvgIpc) is 3.20. The molecule has 0 unspecified atom stereocenters. The van der Waals surface area contributed by atoms with Crippen molar-refractivity contribution >= 4 is 35.0 Å². The zero-order valence-electron chi connectivity index (χ0n) is 17.1. The van der Waals surface area contributed by atoms with E-state index >= 15 is 0 Å². The summed E-state index contributed by atoms with van der Waals surface area (Å²) in [5.41, 5.74) is 4.13. The van der Waals surface area contributed by atoms with Crippen molar-refractivity contribution in [2.45, 2.75) is 32.1 Å². The monoisotopic (exact) mass is 437 g/mol. The van der Waals surface area contributed by atoms with Gasteiger partial charge >= 0.3 is 0 Å². The second-order valence-corrected chi connectivity index (χ2v) is 8.24. The average molecular weight is 438 g/mol. The maximum absolute atomic E-state index is 13.2. The van der Waals surface area contributed by atoms with Gasteiger partial charge in [0.2, 0.25) is 0 Å². The summed E-state index contributed by atoms with van der Waals surface area (Å²) < 4.78 is 0. The van der Waals surface area contributed by atoms with E-state index in [2.05, 4.69) is 28.4 Å². The number of nitro benzene ring substituents is 1. The predicted octanol–water partition coefficient (Wildman–Crippen LogP) is 5.80. The van der Waals surface area contributed by atoms with E-state index in [1.807, 2.05) is 18.2 Å². The number of hydrogen-bond acceptors (Lipinski definition) is 4. The topological polar surface area (TPSA) is 75.5 Å². The van der Waals surface area contributed by atoms with Crippen molar-refractivity contribution in [2.24, 2.45) is 0 Å². The third-order valence-corrected chi connectivity index (χ3v) is 6.06. The number of benzene rings is 2. The first-order chi connectivity index (χ1) is 15.0. The van der Waals surface area contributed by atoms with Gasteiger partial charge in [0.1, 0.15) is 0 Å². The highest BCUT2D eigenvalue weighted by Gasteiger charge is 2.30. The number of hydrogen-bond donors (Lipinski definition) is 1. The first kappa shape index (κ1) is 21.1. The zero-order valence-corrected chi connectivity index (χ0v) is 17.9. The normalized spacial score (nSPS) is 17.8. The molecule has 31 heavy (non-hydrogen) atoms. The third kappa shape index (κ3) is 4.80. The molecule has 2 aromatic carbocycles. The van der Waals surface area contributed by atoms with E-state index < -0.39 is 4.92 Å². The summed E-state index contributed by atoms with van der Waals surface area (Å²) in [5.74, 6) is -0.251. The number of amides is 1. The Morgan fingerprint density at radius 2 is 1.81 bits per heavy atom. The molecular formula is C24H24ClN3O3. The summed E-state index contributed by atoms with van der Waals surface area (Å²) >= 11 is 6.20. The van der Waals surface area contributed by atoms with Crippen LogP contribution in [0.25, 0.3) is 6.08 Å². The molecule has 1 fully saturated rings. The smallest absolute Gasteiger partial charge is 0.271 e. The molecule has 160 valence electrons. The van der Waals surface area contributed by atoms with Gasteiger partial charge in [0, 0.05) is 36.5 Å². The van der Waals surface area contributed by atoms with Gasteiger partial charge in [-0.05, 0) is 55.4 Å². The van der Waals surface area contributed by atoms with Crippen molar-refractivity contribution in [2.75, 3.05) is 18.4 Å². The molecule has 1 amide bonds. The zero-order chi connectivity index (χ0) is 21.8. The molecule has 0 aromatic heterocycles. The molecule has 1 aliphatic heterocycles. The van der Waals surface area contributed by atoms with Crippen molar-refractivity contribution in [3.05, 3.63) is 86.1 Å². The fourth-order valence-electron chi connectivity index (χ4n) is 4.23. The standard InChI is InChI=1S/C24H24ClN3O3/c25-21-12-10-19(28(30)31)16-22(21)26-24(29)20-11-9-18(15-17-7-3-1-4-8-17)23(20)27-13-5-2-6-14-27/h1,3-4,7-8,10,12,15-16H,2,5-6,9,11,13-14H2,(H,26,29). The Morgan fingerprint density at radius 1 is 1.06 bits per heavy atom. The summed E-state index contributed by atoms with van der Waals surface area (Å²) in [7, 11) is 0. The Bertz CT molecular complexity index is 1060. The fraction of sp³-hybridized carbons (Fsp3) is 0.292. The number of halogens is 1. The van der Waals surface area contributed by atoms with E-state index in [4.69, 9.17) is 11.6 Å². The highest BCUT2D eigenvalue weighted by atomic mass is 35.5. The molecule has 1 aliphatic carbocycles. The number of carbonyl (C=O) groups is 1. The molecule has 2 aliphatic rings. The Morgan fingerprint density at radius 3 is 2.52 bits per heavy atom. The fourth-order valence-corrected chi connectivity index (χ4v) is 4.40. The van der Waals surface area contributed by atoms with Crippen LogP contribution >= 0.6 is 11.6 Å². The van der Waals surface area contributed by atoms with Gasteiger partial charge in [-0.1, -0.05) is 41.9 Å². The van der Waals surface area contributed by atoms with Gasteiger partial charge in [-0.3, -0.25) is 14.9 Å². The second kappa shape index (κ2) is 9.35. The summed E-state index contributed by atoms with van der Waals surface area (Å²) in [6.07, 6.45) is 6.98. The molecule has 7 heteroatoms. The van der Waals surface area contributed by atoms with Crippen LogP contribution in [0.15, 0.2) is 65.4 Å². The lowest BCUT2D eigenvalue weighted by atomic mass is 10.0. The Hall–Kier alpha value is -3.12. The van der Waals surface area contributed by atoms with Gasteiger partial charge in [-0.2, -0.15) is 0 Å². The number of non-ortho nitro benzene ring substituents is 1. The second-order valence-electron chi connectivity index (χ2n) is 7.83. The van der Waals surface area contributed by atoms with Crippen LogP contribution in [-0.4, -0.2) is 28.8 Å². The Labute approximate surface area is 186 Å². The van der Waals surface area contributed by atoms with E-state index in [1.165, 1.54) is 24.6 Å². The summed E-state index contributed by atoms with van der Waals surface area (Å²) in [6.45, 7) is 1.85.